The molecule has 3 aliphatic rings. The first-order chi connectivity index (χ1) is 7.83. The van der Waals surface area contributed by atoms with Gasteiger partial charge < -0.3 is 0 Å². The van der Waals surface area contributed by atoms with Gasteiger partial charge in [0.1, 0.15) is 0 Å². The van der Waals surface area contributed by atoms with Crippen LogP contribution in [0.2, 0.25) is 0 Å². The van der Waals surface area contributed by atoms with E-state index < -0.39 is 0 Å². The van der Waals surface area contributed by atoms with Gasteiger partial charge in [-0.2, -0.15) is 0 Å². The fourth-order valence-corrected chi connectivity index (χ4v) is 3.29. The third-order valence-electron chi connectivity index (χ3n) is 4.04. The Bertz CT molecular complexity index is 382. The van der Waals surface area contributed by atoms with Crippen LogP contribution < -0.4 is 0 Å². The first-order valence-corrected chi connectivity index (χ1v) is 6.25. The molecule has 0 aromatic heterocycles. The molecule has 0 N–H and O–H groups in total. The molecule has 0 amide bonds. The Kier molecular flexibility index (Phi) is 2.56. The zero-order valence-corrected chi connectivity index (χ0v) is 9.84. The molecule has 1 aliphatic carbocycles. The highest BCUT2D eigenvalue weighted by atomic mass is 15.1. The minimum atomic E-state index is 0.671. The molecule has 16 heavy (non-hydrogen) atoms. The van der Waals surface area contributed by atoms with Gasteiger partial charge in [-0.05, 0) is 37.3 Å². The highest BCUT2D eigenvalue weighted by molar-refractivity contribution is 5.19. The summed E-state index contributed by atoms with van der Waals surface area (Å²) in [6.45, 7) is 1.26. The predicted molar refractivity (Wildman–Crippen MR) is 67.3 cm³/mol. The number of piperidine rings is 1. The first kappa shape index (κ1) is 10.1. The van der Waals surface area contributed by atoms with Crippen LogP contribution in [0.4, 0.5) is 0 Å². The summed E-state index contributed by atoms with van der Waals surface area (Å²) in [7, 11) is 2.26. The summed E-state index contributed by atoms with van der Waals surface area (Å²) in [4.78, 5) is 2.52. The normalized spacial score (nSPS) is 33.2. The molecule has 2 aliphatic heterocycles. The molecule has 1 aromatic carbocycles. The molecule has 3 atom stereocenters. The van der Waals surface area contributed by atoms with Gasteiger partial charge in [-0.3, -0.25) is 4.90 Å². The fraction of sp³-hybridized carbons (Fsp3) is 0.467. The molecule has 1 saturated heterocycles. The summed E-state index contributed by atoms with van der Waals surface area (Å²) in [5, 5.41) is 0. The standard InChI is InChI=1S/C15H19N/c1-16-11-13-7-8-15(16)14(10-13)9-12-5-3-2-4-6-12/h2-8,13-15H,9-11H2,1H3. The Balaban J connectivity index is 1.75. The van der Waals surface area contributed by atoms with Crippen molar-refractivity contribution in [2.75, 3.05) is 13.6 Å². The van der Waals surface area contributed by atoms with Crippen LogP contribution in [0.15, 0.2) is 42.5 Å². The van der Waals surface area contributed by atoms with E-state index in [-0.39, 0.29) is 0 Å². The van der Waals surface area contributed by atoms with Gasteiger partial charge in [-0.15, -0.1) is 0 Å². The molecular formula is C15H19N. The Labute approximate surface area is 97.8 Å². The van der Waals surface area contributed by atoms with Gasteiger partial charge >= 0.3 is 0 Å². The van der Waals surface area contributed by atoms with Crippen molar-refractivity contribution in [1.82, 2.24) is 4.90 Å². The second-order valence-corrected chi connectivity index (χ2v) is 5.26. The number of benzene rings is 1. The number of likely N-dealkylation sites (N-methyl/N-ethyl adjacent to an activating group) is 1. The average Bonchev–Trinajstić information content (AvgIpc) is 2.30. The summed E-state index contributed by atoms with van der Waals surface area (Å²) in [5.41, 5.74) is 1.49. The Morgan fingerprint density at radius 3 is 2.69 bits per heavy atom. The lowest BCUT2D eigenvalue weighted by Gasteiger charge is -2.45. The molecule has 2 bridgehead atoms. The second-order valence-electron chi connectivity index (χ2n) is 5.26. The van der Waals surface area contributed by atoms with Crippen LogP contribution in [0.1, 0.15) is 12.0 Å². The van der Waals surface area contributed by atoms with Crippen LogP contribution in [0.25, 0.3) is 0 Å². The summed E-state index contributed by atoms with van der Waals surface area (Å²) in [5.74, 6) is 1.61. The van der Waals surface area contributed by atoms with E-state index in [9.17, 15) is 0 Å². The number of hydrogen-bond acceptors (Lipinski definition) is 1. The Morgan fingerprint density at radius 1 is 1.19 bits per heavy atom. The molecule has 4 rings (SSSR count). The summed E-state index contributed by atoms with van der Waals surface area (Å²) >= 11 is 0. The largest absolute Gasteiger partial charge is 0.299 e. The molecule has 1 fully saturated rings. The number of nitrogens with zero attached hydrogens (tertiary/aromatic N) is 1. The van der Waals surface area contributed by atoms with Crippen LogP contribution >= 0.6 is 0 Å². The number of hydrogen-bond donors (Lipinski definition) is 0. The van der Waals surface area contributed by atoms with Crippen molar-refractivity contribution in [3.05, 3.63) is 48.0 Å². The van der Waals surface area contributed by atoms with Gasteiger partial charge in [0.25, 0.3) is 0 Å². The van der Waals surface area contributed by atoms with Gasteiger partial charge in [-0.25, -0.2) is 0 Å². The van der Waals surface area contributed by atoms with Crippen molar-refractivity contribution >= 4 is 0 Å². The molecule has 2 heterocycles. The van der Waals surface area contributed by atoms with Crippen molar-refractivity contribution in [3.63, 3.8) is 0 Å². The maximum absolute atomic E-state index is 2.52. The third-order valence-corrected chi connectivity index (χ3v) is 4.04. The van der Waals surface area contributed by atoms with Crippen LogP contribution in [0, 0.1) is 11.8 Å². The van der Waals surface area contributed by atoms with E-state index in [4.69, 9.17) is 0 Å². The van der Waals surface area contributed by atoms with Gasteiger partial charge in [0.15, 0.2) is 0 Å². The average molecular weight is 213 g/mol. The smallest absolute Gasteiger partial charge is 0.0307 e. The van der Waals surface area contributed by atoms with Crippen molar-refractivity contribution in [3.8, 4) is 0 Å². The zero-order valence-electron chi connectivity index (χ0n) is 9.84. The molecule has 0 radical (unpaired) electrons. The monoisotopic (exact) mass is 213 g/mol. The molecule has 1 aromatic rings. The van der Waals surface area contributed by atoms with Gasteiger partial charge in [-0.1, -0.05) is 42.5 Å². The quantitative estimate of drug-likeness (QED) is 0.683. The third kappa shape index (κ3) is 1.80. The molecule has 84 valence electrons. The SMILES string of the molecule is CN1CC2C=CC1C(Cc1ccccc1)C2. The summed E-state index contributed by atoms with van der Waals surface area (Å²) < 4.78 is 0. The van der Waals surface area contributed by atoms with E-state index in [1.54, 1.807) is 0 Å². The summed E-state index contributed by atoms with van der Waals surface area (Å²) in [6.07, 6.45) is 7.45. The minimum Gasteiger partial charge on any atom is -0.299 e. The minimum absolute atomic E-state index is 0.671. The van der Waals surface area contributed by atoms with Crippen molar-refractivity contribution < 1.29 is 0 Å². The lowest BCUT2D eigenvalue weighted by molar-refractivity contribution is 0.109. The maximum Gasteiger partial charge on any atom is 0.0307 e. The van der Waals surface area contributed by atoms with E-state index in [0.717, 1.165) is 11.8 Å². The van der Waals surface area contributed by atoms with E-state index in [1.165, 1.54) is 24.9 Å². The zero-order chi connectivity index (χ0) is 11.0. The summed E-state index contributed by atoms with van der Waals surface area (Å²) in [6, 6.07) is 11.6. The van der Waals surface area contributed by atoms with E-state index in [0.29, 0.717) is 6.04 Å². The molecular weight excluding hydrogens is 194 g/mol. The Hall–Kier alpha value is -1.08. The van der Waals surface area contributed by atoms with Crippen molar-refractivity contribution in [2.24, 2.45) is 11.8 Å². The fourth-order valence-electron chi connectivity index (χ4n) is 3.29. The molecule has 0 spiro atoms. The van der Waals surface area contributed by atoms with Crippen LogP contribution in [-0.4, -0.2) is 24.5 Å². The van der Waals surface area contributed by atoms with Crippen molar-refractivity contribution in [2.45, 2.75) is 18.9 Å². The predicted octanol–water partition coefficient (Wildman–Crippen LogP) is 2.74. The molecule has 3 unspecified atom stereocenters. The van der Waals surface area contributed by atoms with Gasteiger partial charge in [0, 0.05) is 12.6 Å². The van der Waals surface area contributed by atoms with E-state index in [1.807, 2.05) is 0 Å². The van der Waals surface area contributed by atoms with Crippen LogP contribution in [0.5, 0.6) is 0 Å². The topological polar surface area (TPSA) is 3.24 Å². The lowest BCUT2D eigenvalue weighted by atomic mass is 9.75. The van der Waals surface area contributed by atoms with E-state index >= 15 is 0 Å². The Morgan fingerprint density at radius 2 is 2.00 bits per heavy atom. The highest BCUT2D eigenvalue weighted by Crippen LogP contribution is 2.35. The number of fused-ring (bicyclic) bond motifs is 2. The van der Waals surface area contributed by atoms with Crippen LogP contribution in [0.3, 0.4) is 0 Å². The van der Waals surface area contributed by atoms with E-state index in [2.05, 4.69) is 54.4 Å². The highest BCUT2D eigenvalue weighted by Gasteiger charge is 2.35. The first-order valence-electron chi connectivity index (χ1n) is 6.25. The van der Waals surface area contributed by atoms with Gasteiger partial charge in [0.2, 0.25) is 0 Å². The van der Waals surface area contributed by atoms with Crippen molar-refractivity contribution in [1.29, 1.82) is 0 Å². The second kappa shape index (κ2) is 4.06. The van der Waals surface area contributed by atoms with Crippen LogP contribution in [-0.2, 0) is 6.42 Å². The number of rotatable bonds is 2. The van der Waals surface area contributed by atoms with Gasteiger partial charge in [0.05, 0.1) is 0 Å². The molecule has 0 saturated carbocycles. The molecule has 1 nitrogen and oxygen atoms in total. The maximum atomic E-state index is 2.52. The lowest BCUT2D eigenvalue weighted by Crippen LogP contribution is -2.48. The molecule has 1 heteroatoms.